The van der Waals surface area contributed by atoms with Crippen molar-refractivity contribution < 1.29 is 32.5 Å². The number of ether oxygens (including phenoxy) is 3. The maximum Gasteiger partial charge on any atom is 0.264 e. The molecule has 0 radical (unpaired) electrons. The summed E-state index contributed by atoms with van der Waals surface area (Å²) in [6.07, 6.45) is 6.72. The van der Waals surface area contributed by atoms with Gasteiger partial charge in [-0.2, -0.15) is 0 Å². The van der Waals surface area contributed by atoms with Gasteiger partial charge in [0.15, 0.2) is 6.29 Å². The topological polar surface area (TPSA) is 140 Å². The van der Waals surface area contributed by atoms with Crippen LogP contribution >= 0.6 is 11.6 Å². The number of nitrogens with one attached hydrogen (secondary N) is 1. The van der Waals surface area contributed by atoms with Gasteiger partial charge >= 0.3 is 0 Å². The summed E-state index contributed by atoms with van der Waals surface area (Å²) in [5, 5.41) is 9.73. The van der Waals surface area contributed by atoms with Crippen LogP contribution in [0.3, 0.4) is 0 Å². The summed E-state index contributed by atoms with van der Waals surface area (Å²) >= 11 is 6.36. The van der Waals surface area contributed by atoms with Gasteiger partial charge in [0.25, 0.3) is 5.91 Å². The molecule has 6 rings (SSSR count). The molecule has 12 heteroatoms. The molecule has 10 nitrogen and oxygen atoms in total. The first-order valence-electron chi connectivity index (χ1n) is 17.4. The highest BCUT2D eigenvalue weighted by molar-refractivity contribution is 7.90. The van der Waals surface area contributed by atoms with E-state index >= 15 is 0 Å². The van der Waals surface area contributed by atoms with Gasteiger partial charge < -0.3 is 30.0 Å². The second kappa shape index (κ2) is 14.8. The predicted molar refractivity (Wildman–Crippen MR) is 186 cm³/mol. The lowest BCUT2D eigenvalue weighted by Crippen LogP contribution is -2.59. The molecule has 3 heterocycles. The molecule has 1 saturated heterocycles. The number of fused-ring (bicyclic) bond motifs is 3. The van der Waals surface area contributed by atoms with Crippen LogP contribution in [-0.2, 0) is 32.5 Å². The molecule has 48 heavy (non-hydrogen) atoms. The van der Waals surface area contributed by atoms with Gasteiger partial charge in [-0.15, -0.1) is 0 Å². The Labute approximate surface area is 289 Å². The number of rotatable bonds is 2. The average Bonchev–Trinajstić information content (AvgIpc) is 3.08. The minimum absolute atomic E-state index is 0.101. The quantitative estimate of drug-likeness (QED) is 0.393. The van der Waals surface area contributed by atoms with Crippen LogP contribution in [-0.4, -0.2) is 69.4 Å². The van der Waals surface area contributed by atoms with E-state index in [9.17, 15) is 18.3 Å². The zero-order chi connectivity index (χ0) is 34.1. The first-order chi connectivity index (χ1) is 23.0. The number of amides is 1. The van der Waals surface area contributed by atoms with E-state index in [1.54, 1.807) is 25.1 Å². The lowest BCUT2D eigenvalue weighted by Gasteiger charge is -2.48. The van der Waals surface area contributed by atoms with E-state index in [0.717, 1.165) is 69.3 Å². The summed E-state index contributed by atoms with van der Waals surface area (Å²) in [5.41, 5.74) is 8.66. The Balaban J connectivity index is 1.35. The van der Waals surface area contributed by atoms with Crippen molar-refractivity contribution in [2.75, 3.05) is 37.8 Å². The van der Waals surface area contributed by atoms with Crippen LogP contribution < -0.4 is 20.1 Å². The summed E-state index contributed by atoms with van der Waals surface area (Å²) in [5.74, 6) is 0.637. The fraction of sp³-hybridized carbons (Fsp3) is 0.639. The third kappa shape index (κ3) is 7.81. The van der Waals surface area contributed by atoms with Crippen LogP contribution in [0.4, 0.5) is 5.69 Å². The summed E-state index contributed by atoms with van der Waals surface area (Å²) in [6, 6.07) is 11.1. The fourth-order valence-electron chi connectivity index (χ4n) is 7.72. The SMILES string of the molecule is C[C@@H]1[C@@H](C)CCC[C@@H](C2OCC(N)(CO)CO2)[C@@H]2CC[C@H]2CN2CCCCc3cc(Cl)ccc3COc3ccc(cc32)C(=O)NS1(=O)=O. The van der Waals surface area contributed by atoms with Crippen molar-refractivity contribution >= 4 is 33.2 Å². The number of nitrogens with zero attached hydrogens (tertiary/aromatic N) is 1. The number of nitrogens with two attached hydrogens (primary N) is 1. The van der Waals surface area contributed by atoms with Crippen molar-refractivity contribution in [2.45, 2.75) is 88.9 Å². The van der Waals surface area contributed by atoms with E-state index in [0.29, 0.717) is 35.6 Å². The molecule has 4 aliphatic rings. The summed E-state index contributed by atoms with van der Waals surface area (Å²) in [7, 11) is -3.94. The highest BCUT2D eigenvalue weighted by Gasteiger charge is 2.45. The van der Waals surface area contributed by atoms with Gasteiger partial charge in [0.1, 0.15) is 12.4 Å². The Bertz CT molecular complexity index is 1560. The van der Waals surface area contributed by atoms with E-state index in [4.69, 9.17) is 31.5 Å². The number of halogens is 1. The largest absolute Gasteiger partial charge is 0.487 e. The molecule has 2 aromatic rings. The molecule has 2 bridgehead atoms. The molecule has 264 valence electrons. The monoisotopic (exact) mass is 703 g/mol. The Hall–Kier alpha value is -2.41. The van der Waals surface area contributed by atoms with Crippen molar-refractivity contribution in [1.29, 1.82) is 0 Å². The van der Waals surface area contributed by atoms with Gasteiger partial charge in [0.05, 0.1) is 36.3 Å². The maximum absolute atomic E-state index is 13.5. The smallest absolute Gasteiger partial charge is 0.264 e. The van der Waals surface area contributed by atoms with Crippen molar-refractivity contribution in [3.63, 3.8) is 0 Å². The number of aliphatic hydroxyl groups excluding tert-OH is 1. The van der Waals surface area contributed by atoms with Crippen LogP contribution in [0.5, 0.6) is 5.75 Å². The third-order valence-electron chi connectivity index (χ3n) is 11.2. The van der Waals surface area contributed by atoms with Crippen molar-refractivity contribution in [2.24, 2.45) is 29.4 Å². The Morgan fingerprint density at radius 1 is 1.00 bits per heavy atom. The zero-order valence-corrected chi connectivity index (χ0v) is 29.6. The van der Waals surface area contributed by atoms with Crippen LogP contribution in [0.2, 0.25) is 5.02 Å². The highest BCUT2D eigenvalue weighted by Crippen LogP contribution is 2.46. The number of sulfonamides is 1. The number of carbonyl (C=O) groups excluding carboxylic acids is 1. The van der Waals surface area contributed by atoms with E-state index in [1.165, 1.54) is 5.56 Å². The molecule has 1 amide bonds. The molecule has 1 aliphatic carbocycles. The van der Waals surface area contributed by atoms with Crippen LogP contribution in [0.25, 0.3) is 0 Å². The van der Waals surface area contributed by atoms with Crippen LogP contribution in [0.15, 0.2) is 36.4 Å². The van der Waals surface area contributed by atoms with Gasteiger partial charge in [-0.25, -0.2) is 13.1 Å². The second-order valence-electron chi connectivity index (χ2n) is 14.6. The normalized spacial score (nSPS) is 33.1. The number of hydrogen-bond acceptors (Lipinski definition) is 9. The first kappa shape index (κ1) is 35.4. The molecule has 0 spiro atoms. The van der Waals surface area contributed by atoms with Crippen molar-refractivity contribution in [3.8, 4) is 5.75 Å². The molecule has 1 saturated carbocycles. The number of benzene rings is 2. The molecule has 4 N–H and O–H groups in total. The summed E-state index contributed by atoms with van der Waals surface area (Å²) in [4.78, 5) is 15.8. The van der Waals surface area contributed by atoms with Gasteiger partial charge in [0.2, 0.25) is 10.0 Å². The first-order valence-corrected chi connectivity index (χ1v) is 19.4. The standard InChI is InChI=1S/C36H50ClN3O7S/c1-23-6-5-8-31(35-46-21-36(38,20-41)22-47-35)30-13-10-27(30)18-40-15-4-3-7-25-16-29(37)12-9-28(25)19-45-33-14-11-26(17-32(33)40)34(42)39-48(43,44)24(23)2/h9,11-12,14,16-17,23-24,27,30-31,35,41H,3-8,10,13,15,18-22,38H2,1-2H3,(H,39,42)/t23-,24+,27-,30+,31+,35?,36?/m0/s1. The minimum Gasteiger partial charge on any atom is -0.487 e. The fourth-order valence-corrected chi connectivity index (χ4v) is 9.23. The van der Waals surface area contributed by atoms with E-state index in [2.05, 4.69) is 9.62 Å². The molecule has 0 aromatic heterocycles. The summed E-state index contributed by atoms with van der Waals surface area (Å²) in [6.45, 7) is 5.69. The predicted octanol–water partition coefficient (Wildman–Crippen LogP) is 5.03. The molecule has 2 fully saturated rings. The second-order valence-corrected chi connectivity index (χ2v) is 17.0. The lowest BCUT2D eigenvalue weighted by atomic mass is 9.65. The third-order valence-corrected chi connectivity index (χ3v) is 13.3. The number of hydrogen-bond donors (Lipinski definition) is 3. The Morgan fingerprint density at radius 2 is 1.79 bits per heavy atom. The number of aliphatic hydroxyl groups is 1. The molecule has 0 unspecified atom stereocenters. The zero-order valence-electron chi connectivity index (χ0n) is 28.0. The Morgan fingerprint density at radius 3 is 2.52 bits per heavy atom. The molecular weight excluding hydrogens is 654 g/mol. The van der Waals surface area contributed by atoms with E-state index in [-0.39, 0.29) is 37.2 Å². The Kier molecular flexibility index (Phi) is 10.9. The van der Waals surface area contributed by atoms with Crippen molar-refractivity contribution in [3.05, 3.63) is 58.1 Å². The summed E-state index contributed by atoms with van der Waals surface area (Å²) < 4.78 is 48.1. The van der Waals surface area contributed by atoms with Crippen LogP contribution in [0.1, 0.15) is 80.3 Å². The molecule has 5 atom stereocenters. The maximum atomic E-state index is 13.5. The van der Waals surface area contributed by atoms with Gasteiger partial charge in [-0.1, -0.05) is 31.0 Å². The minimum atomic E-state index is -3.94. The van der Waals surface area contributed by atoms with Crippen molar-refractivity contribution in [1.82, 2.24) is 4.72 Å². The van der Waals surface area contributed by atoms with Crippen LogP contribution in [0, 0.1) is 23.7 Å². The van der Waals surface area contributed by atoms with Gasteiger partial charge in [0, 0.05) is 29.6 Å². The molecule has 3 aliphatic heterocycles. The number of carbonyl (C=O) groups is 1. The lowest BCUT2D eigenvalue weighted by molar-refractivity contribution is -0.249. The molecular formula is C36H50ClN3O7S. The molecule has 2 aromatic carbocycles. The van der Waals surface area contributed by atoms with Gasteiger partial charge in [-0.05, 0) is 111 Å². The number of anilines is 1. The average molecular weight is 704 g/mol. The van der Waals surface area contributed by atoms with E-state index < -0.39 is 33.0 Å². The highest BCUT2D eigenvalue weighted by atomic mass is 35.5. The number of aryl methyl sites for hydroxylation is 1. The van der Waals surface area contributed by atoms with Gasteiger partial charge in [-0.3, -0.25) is 4.79 Å². The van der Waals surface area contributed by atoms with E-state index in [1.807, 2.05) is 25.1 Å².